The highest BCUT2D eigenvalue weighted by Gasteiger charge is 2.41. The van der Waals surface area contributed by atoms with Gasteiger partial charge in [0.25, 0.3) is 6.43 Å². The Morgan fingerprint density at radius 3 is 3.12 bits per heavy atom. The van der Waals surface area contributed by atoms with E-state index in [1.54, 1.807) is 0 Å². The van der Waals surface area contributed by atoms with Crippen molar-refractivity contribution >= 4 is 5.91 Å². The molecule has 2 heterocycles. The molecule has 0 aliphatic carbocycles. The second-order valence-corrected chi connectivity index (χ2v) is 4.53. The normalized spacial score (nSPS) is 28.2. The lowest BCUT2D eigenvalue weighted by Crippen LogP contribution is -2.40. The van der Waals surface area contributed by atoms with Crippen LogP contribution in [-0.4, -0.2) is 55.6 Å². The quantitative estimate of drug-likeness (QED) is 0.701. The van der Waals surface area contributed by atoms with E-state index in [0.29, 0.717) is 19.0 Å². The van der Waals surface area contributed by atoms with E-state index in [1.807, 2.05) is 4.90 Å². The SMILES string of the molecule is O=C1CC(NCCOCC(F)F)C2CCCN12. The first-order chi connectivity index (χ1) is 8.18. The molecule has 2 fully saturated rings. The van der Waals surface area contributed by atoms with Crippen LogP contribution in [-0.2, 0) is 9.53 Å². The Bertz CT molecular complexity index is 276. The van der Waals surface area contributed by atoms with Crippen LogP contribution < -0.4 is 5.32 Å². The number of ether oxygens (including phenoxy) is 1. The maximum Gasteiger partial charge on any atom is 0.261 e. The first-order valence-electron chi connectivity index (χ1n) is 6.07. The third-order valence-electron chi connectivity index (χ3n) is 3.38. The highest BCUT2D eigenvalue weighted by molar-refractivity contribution is 5.80. The van der Waals surface area contributed by atoms with Crippen LogP contribution in [0.2, 0.25) is 0 Å². The summed E-state index contributed by atoms with van der Waals surface area (Å²) in [5.74, 6) is 0.207. The molecule has 17 heavy (non-hydrogen) atoms. The molecule has 0 saturated carbocycles. The van der Waals surface area contributed by atoms with Gasteiger partial charge in [-0.05, 0) is 12.8 Å². The van der Waals surface area contributed by atoms with Crippen LogP contribution in [0.15, 0.2) is 0 Å². The van der Waals surface area contributed by atoms with E-state index in [1.165, 1.54) is 0 Å². The zero-order valence-electron chi connectivity index (χ0n) is 9.70. The Morgan fingerprint density at radius 1 is 1.53 bits per heavy atom. The molecule has 1 amide bonds. The summed E-state index contributed by atoms with van der Waals surface area (Å²) in [5.41, 5.74) is 0. The number of hydrogen-bond donors (Lipinski definition) is 1. The molecule has 2 unspecified atom stereocenters. The molecule has 2 saturated heterocycles. The Morgan fingerprint density at radius 2 is 2.35 bits per heavy atom. The largest absolute Gasteiger partial charge is 0.374 e. The predicted octanol–water partition coefficient (Wildman–Crippen LogP) is 0.621. The maximum atomic E-state index is 11.8. The first kappa shape index (κ1) is 12.7. The Balaban J connectivity index is 1.64. The van der Waals surface area contributed by atoms with Gasteiger partial charge in [0.2, 0.25) is 5.91 Å². The van der Waals surface area contributed by atoms with Gasteiger partial charge in [-0.25, -0.2) is 8.78 Å². The molecule has 2 aliphatic rings. The first-order valence-corrected chi connectivity index (χ1v) is 6.07. The summed E-state index contributed by atoms with van der Waals surface area (Å²) in [6, 6.07) is 0.470. The number of nitrogens with one attached hydrogen (secondary N) is 1. The van der Waals surface area contributed by atoms with Gasteiger partial charge in [-0.15, -0.1) is 0 Å². The van der Waals surface area contributed by atoms with Crippen LogP contribution in [0.3, 0.4) is 0 Å². The lowest BCUT2D eigenvalue weighted by atomic mass is 10.1. The minimum Gasteiger partial charge on any atom is -0.374 e. The molecule has 2 rings (SSSR count). The van der Waals surface area contributed by atoms with E-state index in [9.17, 15) is 13.6 Å². The number of halogens is 2. The second kappa shape index (κ2) is 5.73. The molecule has 0 spiro atoms. The summed E-state index contributed by atoms with van der Waals surface area (Å²) in [5, 5.41) is 3.22. The zero-order valence-corrected chi connectivity index (χ0v) is 9.70. The van der Waals surface area contributed by atoms with Gasteiger partial charge in [-0.3, -0.25) is 4.79 Å². The Hall–Kier alpha value is -0.750. The average molecular weight is 248 g/mol. The molecule has 2 aliphatic heterocycles. The molecule has 4 nitrogen and oxygen atoms in total. The molecule has 0 aromatic carbocycles. The summed E-state index contributed by atoms with van der Waals surface area (Å²) in [6.45, 7) is 1.14. The van der Waals surface area contributed by atoms with Crippen LogP contribution in [0.1, 0.15) is 19.3 Å². The number of alkyl halides is 2. The van der Waals surface area contributed by atoms with E-state index in [2.05, 4.69) is 5.32 Å². The number of fused-ring (bicyclic) bond motifs is 1. The number of carbonyl (C=O) groups excluding carboxylic acids is 1. The number of nitrogens with zero attached hydrogens (tertiary/aromatic N) is 1. The van der Waals surface area contributed by atoms with E-state index >= 15 is 0 Å². The highest BCUT2D eigenvalue weighted by Crippen LogP contribution is 2.28. The number of amides is 1. The lowest BCUT2D eigenvalue weighted by molar-refractivity contribution is -0.127. The molecule has 0 aromatic heterocycles. The van der Waals surface area contributed by atoms with Crippen LogP contribution in [0.5, 0.6) is 0 Å². The molecule has 98 valence electrons. The van der Waals surface area contributed by atoms with Crippen molar-refractivity contribution in [1.29, 1.82) is 0 Å². The molecule has 0 aromatic rings. The highest BCUT2D eigenvalue weighted by atomic mass is 19.3. The van der Waals surface area contributed by atoms with Crippen molar-refractivity contribution in [2.24, 2.45) is 0 Å². The van der Waals surface area contributed by atoms with Crippen molar-refractivity contribution in [3.8, 4) is 0 Å². The summed E-state index contributed by atoms with van der Waals surface area (Å²) in [7, 11) is 0. The molecular formula is C11H18F2N2O2. The van der Waals surface area contributed by atoms with E-state index in [-0.39, 0.29) is 18.6 Å². The van der Waals surface area contributed by atoms with Crippen molar-refractivity contribution in [3.05, 3.63) is 0 Å². The fraction of sp³-hybridized carbons (Fsp3) is 0.909. The van der Waals surface area contributed by atoms with E-state index < -0.39 is 13.0 Å². The fourth-order valence-corrected chi connectivity index (χ4v) is 2.66. The molecule has 6 heteroatoms. The van der Waals surface area contributed by atoms with Gasteiger partial charge in [0.1, 0.15) is 6.61 Å². The molecule has 0 bridgehead atoms. The summed E-state index contributed by atoms with van der Waals surface area (Å²) >= 11 is 0. The second-order valence-electron chi connectivity index (χ2n) is 4.53. The van der Waals surface area contributed by atoms with Crippen LogP contribution >= 0.6 is 0 Å². The summed E-state index contributed by atoms with van der Waals surface area (Å²) in [6.07, 6.45) is 0.227. The van der Waals surface area contributed by atoms with Crippen molar-refractivity contribution in [2.45, 2.75) is 37.8 Å². The standard InChI is InChI=1S/C11H18F2N2O2/c12-10(13)7-17-5-3-14-8-6-11(16)15-4-1-2-9(8)15/h8-10,14H,1-7H2. The van der Waals surface area contributed by atoms with Crippen molar-refractivity contribution in [1.82, 2.24) is 10.2 Å². The van der Waals surface area contributed by atoms with Crippen molar-refractivity contribution < 1.29 is 18.3 Å². The van der Waals surface area contributed by atoms with Gasteiger partial charge >= 0.3 is 0 Å². The van der Waals surface area contributed by atoms with Gasteiger partial charge in [0, 0.05) is 31.6 Å². The van der Waals surface area contributed by atoms with Gasteiger partial charge in [0.15, 0.2) is 0 Å². The lowest BCUT2D eigenvalue weighted by Gasteiger charge is -2.20. The minimum absolute atomic E-state index is 0.167. The van der Waals surface area contributed by atoms with E-state index in [4.69, 9.17) is 4.74 Å². The van der Waals surface area contributed by atoms with Crippen LogP contribution in [0, 0.1) is 0 Å². The molecule has 0 radical (unpaired) electrons. The average Bonchev–Trinajstić information content (AvgIpc) is 2.83. The maximum absolute atomic E-state index is 11.8. The minimum atomic E-state index is -2.41. The zero-order chi connectivity index (χ0) is 12.3. The number of rotatable bonds is 6. The topological polar surface area (TPSA) is 41.6 Å². The van der Waals surface area contributed by atoms with Crippen LogP contribution in [0.4, 0.5) is 8.78 Å². The smallest absolute Gasteiger partial charge is 0.261 e. The van der Waals surface area contributed by atoms with Gasteiger partial charge < -0.3 is 15.0 Å². The molecule has 1 N–H and O–H groups in total. The monoisotopic (exact) mass is 248 g/mol. The van der Waals surface area contributed by atoms with Crippen LogP contribution in [0.25, 0.3) is 0 Å². The van der Waals surface area contributed by atoms with Crippen molar-refractivity contribution in [2.75, 3.05) is 26.3 Å². The fourth-order valence-electron chi connectivity index (χ4n) is 2.66. The third kappa shape index (κ3) is 3.13. The van der Waals surface area contributed by atoms with Gasteiger partial charge in [-0.2, -0.15) is 0 Å². The van der Waals surface area contributed by atoms with E-state index in [0.717, 1.165) is 19.4 Å². The summed E-state index contributed by atoms with van der Waals surface area (Å²) < 4.78 is 28.4. The van der Waals surface area contributed by atoms with Gasteiger partial charge in [0.05, 0.1) is 6.61 Å². The summed E-state index contributed by atoms with van der Waals surface area (Å²) in [4.78, 5) is 13.5. The predicted molar refractivity (Wildman–Crippen MR) is 58.0 cm³/mol. The number of hydrogen-bond acceptors (Lipinski definition) is 3. The molecular weight excluding hydrogens is 230 g/mol. The third-order valence-corrected chi connectivity index (χ3v) is 3.38. The van der Waals surface area contributed by atoms with Gasteiger partial charge in [-0.1, -0.05) is 0 Å². The Labute approximate surface area is 99.3 Å². The van der Waals surface area contributed by atoms with Crippen molar-refractivity contribution in [3.63, 3.8) is 0 Å². The molecule has 2 atom stereocenters. The number of carbonyl (C=O) groups is 1. The Kier molecular flexibility index (Phi) is 4.28.